The number of anilines is 1. The largest absolute Gasteiger partial charge is 0.373 e. The molecule has 132 valence electrons. The van der Waals surface area contributed by atoms with Gasteiger partial charge in [-0.15, -0.1) is 0 Å². The number of hydrogen-bond acceptors (Lipinski definition) is 6. The lowest BCUT2D eigenvalue weighted by atomic mass is 9.87. The molecule has 2 aromatic rings. The maximum absolute atomic E-state index is 6.32. The molecule has 2 aromatic heterocycles. The molecular weight excluding hydrogens is 314 g/mol. The zero-order valence-corrected chi connectivity index (χ0v) is 14.7. The van der Waals surface area contributed by atoms with E-state index in [9.17, 15) is 0 Å². The first-order valence-corrected chi connectivity index (χ1v) is 8.99. The van der Waals surface area contributed by atoms with Crippen LogP contribution in [-0.2, 0) is 11.3 Å². The van der Waals surface area contributed by atoms with E-state index in [-0.39, 0.29) is 5.60 Å². The van der Waals surface area contributed by atoms with Gasteiger partial charge in [0.05, 0.1) is 12.2 Å². The van der Waals surface area contributed by atoms with Crippen molar-refractivity contribution in [2.24, 2.45) is 0 Å². The normalized spacial score (nSPS) is 22.6. The molecule has 0 radical (unpaired) electrons. The molecule has 0 amide bonds. The maximum Gasteiger partial charge on any atom is 0.225 e. The van der Waals surface area contributed by atoms with Crippen molar-refractivity contribution in [1.82, 2.24) is 19.9 Å². The molecule has 2 fully saturated rings. The van der Waals surface area contributed by atoms with E-state index >= 15 is 0 Å². The minimum atomic E-state index is 0.0302. The Hall–Kier alpha value is -2.05. The topological polar surface area (TPSA) is 54.4 Å². The second kappa shape index (κ2) is 7.06. The number of hydrogen-bond donors (Lipinski definition) is 0. The standard InChI is InChI=1S/C19H25N5O/c1-23(14-16-3-9-20-10-4-16)17-13-19(25-15-17)5-11-24(12-6-19)18-21-7-2-8-22-18/h2-4,7-10,17H,5-6,11-15H2,1H3/t17-/m1/s1. The molecule has 1 spiro atoms. The Kier molecular flexibility index (Phi) is 4.63. The molecule has 2 saturated heterocycles. The van der Waals surface area contributed by atoms with Gasteiger partial charge >= 0.3 is 0 Å². The van der Waals surface area contributed by atoms with Gasteiger partial charge in [0.15, 0.2) is 0 Å². The molecule has 0 N–H and O–H groups in total. The van der Waals surface area contributed by atoms with Crippen molar-refractivity contribution in [1.29, 1.82) is 0 Å². The van der Waals surface area contributed by atoms with Crippen molar-refractivity contribution >= 4 is 5.95 Å². The number of piperidine rings is 1. The molecule has 0 bridgehead atoms. The molecule has 1 atom stereocenters. The third kappa shape index (κ3) is 3.65. The summed E-state index contributed by atoms with van der Waals surface area (Å²) in [5.41, 5.74) is 1.33. The Morgan fingerprint density at radius 1 is 1.16 bits per heavy atom. The van der Waals surface area contributed by atoms with E-state index in [0.29, 0.717) is 6.04 Å². The highest BCUT2D eigenvalue weighted by Gasteiger charge is 2.44. The van der Waals surface area contributed by atoms with E-state index in [1.54, 1.807) is 0 Å². The molecule has 2 aliphatic heterocycles. The van der Waals surface area contributed by atoms with E-state index in [2.05, 4.69) is 43.9 Å². The van der Waals surface area contributed by atoms with Gasteiger partial charge in [-0.25, -0.2) is 9.97 Å². The number of nitrogens with zero attached hydrogens (tertiary/aromatic N) is 5. The Bertz CT molecular complexity index is 673. The van der Waals surface area contributed by atoms with Crippen LogP contribution in [0.15, 0.2) is 43.0 Å². The summed E-state index contributed by atoms with van der Waals surface area (Å²) in [7, 11) is 2.19. The minimum absolute atomic E-state index is 0.0302. The van der Waals surface area contributed by atoms with Crippen molar-refractivity contribution < 1.29 is 4.74 Å². The third-order valence-electron chi connectivity index (χ3n) is 5.50. The van der Waals surface area contributed by atoms with Gasteiger partial charge in [0, 0.05) is 50.5 Å². The molecule has 25 heavy (non-hydrogen) atoms. The van der Waals surface area contributed by atoms with Gasteiger partial charge in [-0.3, -0.25) is 9.88 Å². The fraction of sp³-hybridized carbons (Fsp3) is 0.526. The molecule has 0 unspecified atom stereocenters. The van der Waals surface area contributed by atoms with Crippen LogP contribution >= 0.6 is 0 Å². The summed E-state index contributed by atoms with van der Waals surface area (Å²) >= 11 is 0. The van der Waals surface area contributed by atoms with E-state index in [4.69, 9.17) is 4.74 Å². The predicted molar refractivity (Wildman–Crippen MR) is 96.3 cm³/mol. The van der Waals surface area contributed by atoms with Crippen LogP contribution in [0, 0.1) is 0 Å². The lowest BCUT2D eigenvalue weighted by Crippen LogP contribution is -2.45. The molecule has 2 aliphatic rings. The Balaban J connectivity index is 1.33. The lowest BCUT2D eigenvalue weighted by Gasteiger charge is -2.38. The average molecular weight is 339 g/mol. The monoisotopic (exact) mass is 339 g/mol. The summed E-state index contributed by atoms with van der Waals surface area (Å²) < 4.78 is 6.32. The van der Waals surface area contributed by atoms with Gasteiger partial charge in [0.25, 0.3) is 0 Å². The van der Waals surface area contributed by atoms with Gasteiger partial charge in [-0.2, -0.15) is 0 Å². The van der Waals surface area contributed by atoms with Gasteiger partial charge in [-0.1, -0.05) is 0 Å². The molecule has 6 heteroatoms. The summed E-state index contributed by atoms with van der Waals surface area (Å²) in [6.45, 7) is 3.69. The maximum atomic E-state index is 6.32. The molecule has 0 aromatic carbocycles. The Morgan fingerprint density at radius 2 is 1.88 bits per heavy atom. The van der Waals surface area contributed by atoms with Gasteiger partial charge in [-0.05, 0) is 50.1 Å². The quantitative estimate of drug-likeness (QED) is 0.851. The molecule has 6 nitrogen and oxygen atoms in total. The first-order valence-electron chi connectivity index (χ1n) is 8.99. The predicted octanol–water partition coefficient (Wildman–Crippen LogP) is 2.13. The van der Waals surface area contributed by atoms with Crippen molar-refractivity contribution in [3.8, 4) is 0 Å². The summed E-state index contributed by atoms with van der Waals surface area (Å²) in [6.07, 6.45) is 10.5. The van der Waals surface area contributed by atoms with Crippen LogP contribution in [-0.4, -0.2) is 58.2 Å². The van der Waals surface area contributed by atoms with Crippen LogP contribution in [0.4, 0.5) is 5.95 Å². The van der Waals surface area contributed by atoms with E-state index in [1.165, 1.54) is 5.56 Å². The van der Waals surface area contributed by atoms with Gasteiger partial charge < -0.3 is 9.64 Å². The Morgan fingerprint density at radius 3 is 2.60 bits per heavy atom. The smallest absolute Gasteiger partial charge is 0.225 e. The van der Waals surface area contributed by atoms with Crippen molar-refractivity contribution in [3.63, 3.8) is 0 Å². The van der Waals surface area contributed by atoms with Crippen molar-refractivity contribution in [3.05, 3.63) is 48.5 Å². The summed E-state index contributed by atoms with van der Waals surface area (Å²) in [6, 6.07) is 6.51. The van der Waals surface area contributed by atoms with Crippen molar-refractivity contribution in [2.45, 2.75) is 37.5 Å². The van der Waals surface area contributed by atoms with Crippen LogP contribution in [0.5, 0.6) is 0 Å². The molecular formula is C19H25N5O. The fourth-order valence-electron chi connectivity index (χ4n) is 3.93. The number of ether oxygens (including phenoxy) is 1. The van der Waals surface area contributed by atoms with Crippen LogP contribution in [0.25, 0.3) is 0 Å². The molecule has 4 rings (SSSR count). The van der Waals surface area contributed by atoms with Gasteiger partial charge in [0.2, 0.25) is 5.95 Å². The van der Waals surface area contributed by atoms with E-state index in [1.807, 2.05) is 30.9 Å². The van der Waals surface area contributed by atoms with Crippen LogP contribution < -0.4 is 4.90 Å². The highest BCUT2D eigenvalue weighted by molar-refractivity contribution is 5.29. The van der Waals surface area contributed by atoms with Crippen LogP contribution in [0.1, 0.15) is 24.8 Å². The minimum Gasteiger partial charge on any atom is -0.373 e. The molecule has 0 saturated carbocycles. The highest BCUT2D eigenvalue weighted by Crippen LogP contribution is 2.38. The summed E-state index contributed by atoms with van der Waals surface area (Å²) in [5.74, 6) is 0.835. The average Bonchev–Trinajstić information content (AvgIpc) is 3.08. The first kappa shape index (κ1) is 16.4. The van der Waals surface area contributed by atoms with Crippen molar-refractivity contribution in [2.75, 3.05) is 31.6 Å². The zero-order chi connectivity index (χ0) is 17.1. The number of rotatable bonds is 4. The molecule has 0 aliphatic carbocycles. The van der Waals surface area contributed by atoms with Crippen LogP contribution in [0.2, 0.25) is 0 Å². The van der Waals surface area contributed by atoms with Gasteiger partial charge in [0.1, 0.15) is 0 Å². The number of aromatic nitrogens is 3. The summed E-state index contributed by atoms with van der Waals surface area (Å²) in [4.78, 5) is 17.5. The first-order chi connectivity index (χ1) is 12.2. The zero-order valence-electron chi connectivity index (χ0n) is 14.7. The SMILES string of the molecule is CN(Cc1ccncc1)[C@H]1COC2(CCN(c3ncccn3)CC2)C1. The number of likely N-dealkylation sites (N-methyl/N-ethyl adjacent to an activating group) is 1. The number of pyridine rings is 1. The third-order valence-corrected chi connectivity index (χ3v) is 5.50. The van der Waals surface area contributed by atoms with Crippen LogP contribution in [0.3, 0.4) is 0 Å². The lowest BCUT2D eigenvalue weighted by molar-refractivity contribution is -0.0159. The highest BCUT2D eigenvalue weighted by atomic mass is 16.5. The van der Waals surface area contributed by atoms with E-state index in [0.717, 1.165) is 51.5 Å². The molecule has 4 heterocycles. The second-order valence-electron chi connectivity index (χ2n) is 7.16. The summed E-state index contributed by atoms with van der Waals surface area (Å²) in [5, 5.41) is 0. The van der Waals surface area contributed by atoms with E-state index < -0.39 is 0 Å². The second-order valence-corrected chi connectivity index (χ2v) is 7.16. The fourth-order valence-corrected chi connectivity index (χ4v) is 3.93. The Labute approximate surface area is 148 Å².